The molecule has 26 heavy (non-hydrogen) atoms. The summed E-state index contributed by atoms with van der Waals surface area (Å²) in [5.74, 6) is -1.20. The van der Waals surface area contributed by atoms with E-state index in [0.717, 1.165) is 11.6 Å². The molecule has 0 unspecified atom stereocenters. The maximum Gasteiger partial charge on any atom is 0.346 e. The number of ether oxygens (including phenoxy) is 1. The smallest absolute Gasteiger partial charge is 0.346 e. The van der Waals surface area contributed by atoms with Gasteiger partial charge in [-0.1, -0.05) is 41.4 Å². The first kappa shape index (κ1) is 18.0. The molecule has 0 atom stereocenters. The molecule has 9 heteroatoms. The highest BCUT2D eigenvalue weighted by Crippen LogP contribution is 2.23. The van der Waals surface area contributed by atoms with Crippen LogP contribution in [-0.2, 0) is 10.0 Å². The van der Waals surface area contributed by atoms with Gasteiger partial charge in [0.2, 0.25) is 5.88 Å². The van der Waals surface area contributed by atoms with E-state index in [2.05, 4.69) is 5.10 Å². The predicted molar refractivity (Wildman–Crippen MR) is 96.8 cm³/mol. The van der Waals surface area contributed by atoms with Crippen molar-refractivity contribution in [1.82, 2.24) is 9.19 Å². The average Bonchev–Trinajstić information content (AvgIpc) is 2.96. The fourth-order valence-electron chi connectivity index (χ4n) is 2.19. The molecular weight excluding hydrogens is 378 g/mol. The molecule has 1 aromatic heterocycles. The largest absolute Gasteiger partial charge is 0.402 e. The molecule has 0 aliphatic heterocycles. The third-order valence-electron chi connectivity index (χ3n) is 3.52. The van der Waals surface area contributed by atoms with Gasteiger partial charge >= 0.3 is 5.97 Å². The van der Waals surface area contributed by atoms with Crippen LogP contribution < -0.4 is 10.5 Å². The Morgan fingerprint density at radius 1 is 1.15 bits per heavy atom. The van der Waals surface area contributed by atoms with Crippen LogP contribution in [0.15, 0.2) is 59.5 Å². The molecule has 0 saturated heterocycles. The summed E-state index contributed by atoms with van der Waals surface area (Å²) in [7, 11) is -4.01. The molecule has 0 aliphatic carbocycles. The summed E-state index contributed by atoms with van der Waals surface area (Å²) in [5.41, 5.74) is 6.78. The van der Waals surface area contributed by atoms with E-state index < -0.39 is 16.0 Å². The van der Waals surface area contributed by atoms with Gasteiger partial charge in [0.1, 0.15) is 5.82 Å². The van der Waals surface area contributed by atoms with Crippen LogP contribution >= 0.6 is 11.6 Å². The van der Waals surface area contributed by atoms with E-state index in [4.69, 9.17) is 22.1 Å². The highest BCUT2D eigenvalue weighted by molar-refractivity contribution is 7.90. The van der Waals surface area contributed by atoms with Gasteiger partial charge < -0.3 is 10.5 Å². The standard InChI is InChI=1S/C17H14ClN3O4S/c1-11-6-8-12(9-7-11)26(23,24)21-15(19)10-16(20-21)25-17(22)13-4-2-3-5-14(13)18/h2-10H,19H2,1H3. The summed E-state index contributed by atoms with van der Waals surface area (Å²) < 4.78 is 31.0. The number of carbonyl (C=O) groups is 1. The SMILES string of the molecule is Cc1ccc(S(=O)(=O)n2nc(OC(=O)c3ccccc3Cl)cc2N)cc1. The number of halogens is 1. The van der Waals surface area contributed by atoms with E-state index in [-0.39, 0.29) is 27.2 Å². The van der Waals surface area contributed by atoms with E-state index in [1.54, 1.807) is 24.3 Å². The Bertz CT molecular complexity index is 1080. The zero-order chi connectivity index (χ0) is 18.9. The van der Waals surface area contributed by atoms with Crippen molar-refractivity contribution in [3.8, 4) is 5.88 Å². The van der Waals surface area contributed by atoms with Crippen molar-refractivity contribution in [1.29, 1.82) is 0 Å². The molecule has 3 aromatic rings. The van der Waals surface area contributed by atoms with Crippen molar-refractivity contribution >= 4 is 33.4 Å². The fourth-order valence-corrected chi connectivity index (χ4v) is 3.60. The van der Waals surface area contributed by atoms with Crippen molar-refractivity contribution in [2.75, 3.05) is 5.73 Å². The Kier molecular flexibility index (Phi) is 4.71. The van der Waals surface area contributed by atoms with Crippen molar-refractivity contribution in [2.24, 2.45) is 0 Å². The number of carbonyl (C=O) groups excluding carboxylic acids is 1. The van der Waals surface area contributed by atoms with Crippen molar-refractivity contribution in [3.63, 3.8) is 0 Å². The first-order valence-electron chi connectivity index (χ1n) is 7.43. The molecule has 0 fully saturated rings. The van der Waals surface area contributed by atoms with Crippen LogP contribution in [0.1, 0.15) is 15.9 Å². The summed E-state index contributed by atoms with van der Waals surface area (Å²) in [5, 5.41) is 4.00. The quantitative estimate of drug-likeness (QED) is 0.685. The summed E-state index contributed by atoms with van der Waals surface area (Å²) >= 11 is 5.94. The van der Waals surface area contributed by atoms with Crippen molar-refractivity contribution in [3.05, 3.63) is 70.7 Å². The van der Waals surface area contributed by atoms with Gasteiger partial charge in [-0.25, -0.2) is 4.79 Å². The topological polar surface area (TPSA) is 104 Å². The van der Waals surface area contributed by atoms with Gasteiger partial charge in [-0.15, -0.1) is 9.19 Å². The monoisotopic (exact) mass is 391 g/mol. The van der Waals surface area contributed by atoms with Crippen molar-refractivity contribution < 1.29 is 17.9 Å². The number of nitrogens with two attached hydrogens (primary N) is 1. The number of hydrogen-bond donors (Lipinski definition) is 1. The minimum Gasteiger partial charge on any atom is -0.402 e. The highest BCUT2D eigenvalue weighted by Gasteiger charge is 2.23. The molecule has 7 nitrogen and oxygen atoms in total. The molecule has 2 aromatic carbocycles. The lowest BCUT2D eigenvalue weighted by atomic mass is 10.2. The van der Waals surface area contributed by atoms with Crippen LogP contribution in [0.4, 0.5) is 5.82 Å². The number of esters is 1. The van der Waals surface area contributed by atoms with Gasteiger partial charge in [-0.3, -0.25) is 0 Å². The maximum absolute atomic E-state index is 12.6. The van der Waals surface area contributed by atoms with Gasteiger partial charge in [-0.05, 0) is 31.2 Å². The Morgan fingerprint density at radius 2 is 1.81 bits per heavy atom. The third kappa shape index (κ3) is 3.42. The van der Waals surface area contributed by atoms with Gasteiger partial charge in [0.25, 0.3) is 10.0 Å². The molecule has 0 spiro atoms. The molecular formula is C17H14ClN3O4S. The van der Waals surface area contributed by atoms with Crippen LogP contribution in [0.5, 0.6) is 5.88 Å². The number of nitrogen functional groups attached to an aromatic ring is 1. The van der Waals surface area contributed by atoms with Crippen LogP contribution in [0, 0.1) is 6.92 Å². The number of benzene rings is 2. The Morgan fingerprint density at radius 3 is 2.46 bits per heavy atom. The number of aromatic nitrogens is 2. The molecule has 0 aliphatic rings. The minimum absolute atomic E-state index is 0.0156. The lowest BCUT2D eigenvalue weighted by Crippen LogP contribution is -2.17. The summed E-state index contributed by atoms with van der Waals surface area (Å²) in [6.45, 7) is 1.84. The maximum atomic E-state index is 12.6. The first-order valence-corrected chi connectivity index (χ1v) is 9.25. The summed E-state index contributed by atoms with van der Waals surface area (Å²) in [4.78, 5) is 12.2. The number of anilines is 1. The molecule has 134 valence electrons. The summed E-state index contributed by atoms with van der Waals surface area (Å²) in [6.07, 6.45) is 0. The minimum atomic E-state index is -4.01. The molecule has 1 heterocycles. The van der Waals surface area contributed by atoms with E-state index in [9.17, 15) is 13.2 Å². The normalized spacial score (nSPS) is 11.3. The molecule has 0 amide bonds. The molecule has 0 radical (unpaired) electrons. The van der Waals surface area contributed by atoms with E-state index in [1.807, 2.05) is 6.92 Å². The molecule has 0 saturated carbocycles. The van der Waals surface area contributed by atoms with Gasteiger partial charge in [0.05, 0.1) is 15.5 Å². The van der Waals surface area contributed by atoms with Crippen LogP contribution in [0.3, 0.4) is 0 Å². The Hall–Kier alpha value is -2.84. The number of rotatable bonds is 4. The van der Waals surface area contributed by atoms with Crippen molar-refractivity contribution in [2.45, 2.75) is 11.8 Å². The Labute approximate surface area is 155 Å². The number of aryl methyl sites for hydroxylation is 1. The first-order chi connectivity index (χ1) is 12.3. The third-order valence-corrected chi connectivity index (χ3v) is 5.46. The highest BCUT2D eigenvalue weighted by atomic mass is 35.5. The molecule has 2 N–H and O–H groups in total. The number of hydrogen-bond acceptors (Lipinski definition) is 6. The van der Waals surface area contributed by atoms with Gasteiger partial charge in [-0.2, -0.15) is 8.42 Å². The average molecular weight is 392 g/mol. The van der Waals surface area contributed by atoms with Gasteiger partial charge in [0, 0.05) is 6.07 Å². The number of nitrogens with zero attached hydrogens (tertiary/aromatic N) is 2. The van der Waals surface area contributed by atoms with E-state index in [1.165, 1.54) is 24.3 Å². The lowest BCUT2D eigenvalue weighted by Gasteiger charge is -2.06. The predicted octanol–water partition coefficient (Wildman–Crippen LogP) is 2.88. The van der Waals surface area contributed by atoms with Crippen LogP contribution in [0.25, 0.3) is 0 Å². The lowest BCUT2D eigenvalue weighted by molar-refractivity contribution is 0.0727. The molecule has 0 bridgehead atoms. The molecule has 3 rings (SSSR count). The zero-order valence-corrected chi connectivity index (χ0v) is 15.2. The second kappa shape index (κ2) is 6.81. The van der Waals surface area contributed by atoms with E-state index in [0.29, 0.717) is 4.09 Å². The van der Waals surface area contributed by atoms with Crippen LogP contribution in [-0.4, -0.2) is 23.6 Å². The second-order valence-corrected chi connectivity index (χ2v) is 7.61. The second-order valence-electron chi connectivity index (χ2n) is 5.44. The van der Waals surface area contributed by atoms with Gasteiger partial charge in [0.15, 0.2) is 0 Å². The summed E-state index contributed by atoms with van der Waals surface area (Å²) in [6, 6.07) is 13.7. The zero-order valence-electron chi connectivity index (χ0n) is 13.6. The van der Waals surface area contributed by atoms with Crippen LogP contribution in [0.2, 0.25) is 5.02 Å². The fraction of sp³-hybridized carbons (Fsp3) is 0.0588. The van der Waals surface area contributed by atoms with E-state index >= 15 is 0 Å². The Balaban J connectivity index is 1.91.